The Morgan fingerprint density at radius 3 is 2.41 bits per heavy atom. The van der Waals surface area contributed by atoms with Crippen molar-refractivity contribution in [2.24, 2.45) is 4.99 Å². The van der Waals surface area contributed by atoms with E-state index >= 15 is 0 Å². The maximum absolute atomic E-state index is 12.8. The van der Waals surface area contributed by atoms with Gasteiger partial charge in [0.2, 0.25) is 5.78 Å². The molecule has 0 fully saturated rings. The number of amidine groups is 1. The second kappa shape index (κ2) is 17.3. The number of rotatable bonds is 18. The van der Waals surface area contributed by atoms with Crippen LogP contribution >= 0.6 is 0 Å². The van der Waals surface area contributed by atoms with Crippen molar-refractivity contribution in [2.45, 2.75) is 77.2 Å². The summed E-state index contributed by atoms with van der Waals surface area (Å²) in [5.74, 6) is -0.746. The van der Waals surface area contributed by atoms with Gasteiger partial charge in [0.1, 0.15) is 25.7 Å². The number of unbranched alkanes of at least 4 members (excludes halogenated alkanes) is 7. The van der Waals surface area contributed by atoms with Crippen molar-refractivity contribution >= 4 is 21.7 Å². The average Bonchev–Trinajstić information content (AvgIpc) is 3.07. The van der Waals surface area contributed by atoms with E-state index in [1.165, 1.54) is 12.8 Å². The van der Waals surface area contributed by atoms with Crippen LogP contribution in [0.1, 0.15) is 71.1 Å². The van der Waals surface area contributed by atoms with Crippen molar-refractivity contribution in [3.05, 3.63) is 12.2 Å². The number of hydrogen-bond acceptors (Lipinski definition) is 7. The van der Waals surface area contributed by atoms with E-state index in [0.29, 0.717) is 19.5 Å². The van der Waals surface area contributed by atoms with Gasteiger partial charge in [0.25, 0.3) is 5.84 Å². The second-order valence-corrected chi connectivity index (χ2v) is 9.87. The van der Waals surface area contributed by atoms with E-state index < -0.39 is 22.0 Å². The molecule has 0 spiro atoms. The number of hydrogen-bond donors (Lipinski definition) is 2. The zero-order valence-electron chi connectivity index (χ0n) is 19.9. The van der Waals surface area contributed by atoms with Crippen LogP contribution in [-0.4, -0.2) is 83.9 Å². The Labute approximate surface area is 215 Å². The topological polar surface area (TPSA) is 127 Å². The molecule has 2 unspecified atom stereocenters. The average molecular weight is 484 g/mol. The summed E-state index contributed by atoms with van der Waals surface area (Å²) in [5.41, 5.74) is 0. The Morgan fingerprint density at radius 1 is 1.16 bits per heavy atom. The number of Topliss-reactive ketones (excluding diaryl/α,β-unsaturated/α-hetero) is 1. The van der Waals surface area contributed by atoms with Crippen LogP contribution in [0.15, 0.2) is 17.1 Å². The van der Waals surface area contributed by atoms with Crippen molar-refractivity contribution in [1.29, 1.82) is 0 Å². The third kappa shape index (κ3) is 12.9. The molecule has 0 aromatic carbocycles. The molecule has 1 aliphatic rings. The van der Waals surface area contributed by atoms with Crippen LogP contribution in [0, 0.1) is 0 Å². The first-order valence-electron chi connectivity index (χ1n) is 11.6. The molecule has 2 atom stereocenters. The van der Waals surface area contributed by atoms with Crippen molar-refractivity contribution in [1.82, 2.24) is 0 Å². The quantitative estimate of drug-likeness (QED) is 0.0861. The van der Waals surface area contributed by atoms with Crippen molar-refractivity contribution in [3.8, 4) is 0 Å². The van der Waals surface area contributed by atoms with Gasteiger partial charge >= 0.3 is 29.6 Å². The van der Waals surface area contributed by atoms with Crippen LogP contribution in [0.4, 0.5) is 0 Å². The van der Waals surface area contributed by atoms with Crippen molar-refractivity contribution in [3.63, 3.8) is 0 Å². The Balaban J connectivity index is 0.00000961. The fourth-order valence-electron chi connectivity index (χ4n) is 4.07. The molecule has 32 heavy (non-hydrogen) atoms. The van der Waals surface area contributed by atoms with Gasteiger partial charge in [0.15, 0.2) is 0 Å². The van der Waals surface area contributed by atoms with Gasteiger partial charge in [-0.3, -0.25) is 9.28 Å². The minimum Gasteiger partial charge on any atom is -0.748 e. The van der Waals surface area contributed by atoms with E-state index in [-0.39, 0.29) is 65.4 Å². The van der Waals surface area contributed by atoms with Gasteiger partial charge in [-0.15, -0.1) is 0 Å². The Morgan fingerprint density at radius 2 is 1.78 bits per heavy atom. The zero-order chi connectivity index (χ0) is 23.2. The molecule has 0 saturated heterocycles. The third-order valence-electron chi connectivity index (χ3n) is 5.64. The standard InChI is InChI=1S/C22H40N2O6S.Na/c1-2-3-4-5-6-7-8-9-10-11-12-13-21(27)22-23-14-15-24(22,16-17-25)18-20(26)19-31(28,29)30;/h5-6,20,25-26H,2-4,7-19H2,1H3;/q;+1/b6-5+;. The Kier molecular flexibility index (Phi) is 17.3. The van der Waals surface area contributed by atoms with Crippen molar-refractivity contribution in [2.75, 3.05) is 38.5 Å². The Hall–Kier alpha value is -0.130. The number of ketones is 1. The largest absolute Gasteiger partial charge is 1.00 e. The number of aliphatic imine (C=N–C) groups is 1. The predicted octanol–water partition coefficient (Wildman–Crippen LogP) is -0.836. The first-order valence-corrected chi connectivity index (χ1v) is 13.1. The fourth-order valence-corrected chi connectivity index (χ4v) is 4.65. The molecule has 1 rings (SSSR count). The van der Waals surface area contributed by atoms with E-state index in [1.54, 1.807) is 0 Å². The molecular weight excluding hydrogens is 443 g/mol. The summed E-state index contributed by atoms with van der Waals surface area (Å²) in [6.45, 7) is 2.79. The number of allylic oxidation sites excluding steroid dienone is 2. The molecule has 1 heterocycles. The summed E-state index contributed by atoms with van der Waals surface area (Å²) < 4.78 is 32.8. The zero-order valence-corrected chi connectivity index (χ0v) is 22.7. The maximum atomic E-state index is 12.8. The summed E-state index contributed by atoms with van der Waals surface area (Å²) in [4.78, 5) is 17.1. The molecule has 0 aromatic rings. The number of aliphatic hydroxyl groups is 2. The second-order valence-electron chi connectivity index (χ2n) is 8.43. The summed E-state index contributed by atoms with van der Waals surface area (Å²) in [5, 5.41) is 19.5. The van der Waals surface area contributed by atoms with E-state index in [1.807, 2.05) is 0 Å². The van der Waals surface area contributed by atoms with Gasteiger partial charge in [0.05, 0.1) is 29.0 Å². The molecule has 0 radical (unpaired) electrons. The number of quaternary nitrogens is 1. The molecule has 180 valence electrons. The monoisotopic (exact) mass is 483 g/mol. The van der Waals surface area contributed by atoms with Gasteiger partial charge in [-0.1, -0.05) is 51.2 Å². The van der Waals surface area contributed by atoms with Gasteiger partial charge in [0, 0.05) is 6.42 Å². The number of nitrogens with zero attached hydrogens (tertiary/aromatic N) is 2. The SMILES string of the molecule is CCCC/C=C/CCCCCCCC(=O)C1=NCC[N+]1(CCO)CC(O)CS(=O)(=O)[O-].[Na+]. The molecular formula is C22H40N2NaO6S+. The Bertz CT molecular complexity index is 699. The van der Waals surface area contributed by atoms with Crippen LogP contribution in [0.3, 0.4) is 0 Å². The molecule has 0 aromatic heterocycles. The predicted molar refractivity (Wildman–Crippen MR) is 121 cm³/mol. The molecule has 10 heteroatoms. The third-order valence-corrected chi connectivity index (χ3v) is 6.43. The smallest absolute Gasteiger partial charge is 0.748 e. The van der Waals surface area contributed by atoms with Crippen LogP contribution in [-0.2, 0) is 14.9 Å². The molecule has 0 amide bonds. The molecule has 0 bridgehead atoms. The first kappa shape index (κ1) is 31.9. The van der Waals surface area contributed by atoms with Gasteiger partial charge in [-0.05, 0) is 25.7 Å². The number of carbonyl (C=O) groups is 1. The van der Waals surface area contributed by atoms with E-state index in [9.17, 15) is 28.0 Å². The summed E-state index contributed by atoms with van der Waals surface area (Å²) in [6.07, 6.45) is 13.2. The number of carbonyl (C=O) groups excluding carboxylic acids is 1. The number of aliphatic hydroxyl groups excluding tert-OH is 2. The normalized spacial score (nSPS) is 19.7. The van der Waals surface area contributed by atoms with Crippen LogP contribution in [0.5, 0.6) is 0 Å². The van der Waals surface area contributed by atoms with Gasteiger partial charge in [-0.25, -0.2) is 13.4 Å². The molecule has 0 aliphatic carbocycles. The molecule has 8 nitrogen and oxygen atoms in total. The first-order chi connectivity index (χ1) is 14.7. The van der Waals surface area contributed by atoms with Crippen LogP contribution in [0.25, 0.3) is 0 Å². The van der Waals surface area contributed by atoms with Crippen LogP contribution in [0.2, 0.25) is 0 Å². The van der Waals surface area contributed by atoms with Crippen molar-refractivity contribution < 1.29 is 62.0 Å². The van der Waals surface area contributed by atoms with E-state index in [0.717, 1.165) is 44.9 Å². The summed E-state index contributed by atoms with van der Waals surface area (Å²) in [6, 6.07) is 0. The summed E-state index contributed by atoms with van der Waals surface area (Å²) >= 11 is 0. The molecule has 2 N–H and O–H groups in total. The molecule has 0 saturated carbocycles. The van der Waals surface area contributed by atoms with Crippen LogP contribution < -0.4 is 29.6 Å². The van der Waals surface area contributed by atoms with Gasteiger partial charge < -0.3 is 14.8 Å². The minimum absolute atomic E-state index is 0. The molecule has 1 aliphatic heterocycles. The minimum atomic E-state index is -4.58. The van der Waals surface area contributed by atoms with E-state index in [4.69, 9.17) is 0 Å². The van der Waals surface area contributed by atoms with Gasteiger partial charge in [-0.2, -0.15) is 0 Å². The summed E-state index contributed by atoms with van der Waals surface area (Å²) in [7, 11) is -4.58. The maximum Gasteiger partial charge on any atom is 1.00 e. The van der Waals surface area contributed by atoms with E-state index in [2.05, 4.69) is 24.1 Å². The fraction of sp³-hybridized carbons (Fsp3) is 0.818.